The van der Waals surface area contributed by atoms with Crippen LogP contribution in [0, 0.1) is 3.57 Å². The zero-order valence-corrected chi connectivity index (χ0v) is 19.0. The van der Waals surface area contributed by atoms with Crippen molar-refractivity contribution in [3.8, 4) is 11.5 Å². The van der Waals surface area contributed by atoms with Gasteiger partial charge in [-0.1, -0.05) is 42.5 Å². The van der Waals surface area contributed by atoms with E-state index in [0.717, 1.165) is 13.6 Å². The van der Waals surface area contributed by atoms with Gasteiger partial charge in [0, 0.05) is 10.0 Å². The number of amides is 1. The van der Waals surface area contributed by atoms with E-state index < -0.39 is 0 Å². The fraction of sp³-hybridized carbons (Fsp3) is 0.136. The first-order chi connectivity index (χ1) is 13.6. The molecule has 3 aromatic rings. The summed E-state index contributed by atoms with van der Waals surface area (Å²) in [6, 6.07) is 20.9. The van der Waals surface area contributed by atoms with E-state index in [9.17, 15) is 4.79 Å². The van der Waals surface area contributed by atoms with Crippen LogP contribution in [0.2, 0.25) is 0 Å². The molecule has 144 valence electrons. The second-order valence-corrected chi connectivity index (χ2v) is 7.94. The first kappa shape index (κ1) is 20.7. The summed E-state index contributed by atoms with van der Waals surface area (Å²) in [4.78, 5) is 12.8. The highest BCUT2D eigenvalue weighted by Gasteiger charge is 2.17. The molecule has 0 unspecified atom stereocenters. The number of hydrogen-bond donors (Lipinski definition) is 1. The average Bonchev–Trinajstić information content (AvgIpc) is 2.70. The number of ether oxygens (including phenoxy) is 2. The Hall–Kier alpha value is -2.06. The SMILES string of the molecule is CCOc1c(I)cc(C(=O)Nc2ccccc2Br)cc1OCc1ccccc1. The molecule has 0 radical (unpaired) electrons. The van der Waals surface area contributed by atoms with Gasteiger partial charge in [-0.15, -0.1) is 0 Å². The lowest BCUT2D eigenvalue weighted by atomic mass is 10.1. The maximum atomic E-state index is 12.8. The lowest BCUT2D eigenvalue weighted by Crippen LogP contribution is -2.13. The molecule has 1 amide bonds. The van der Waals surface area contributed by atoms with E-state index in [-0.39, 0.29) is 5.91 Å². The van der Waals surface area contributed by atoms with Gasteiger partial charge in [0.15, 0.2) is 11.5 Å². The molecular formula is C22H19BrINO3. The summed E-state index contributed by atoms with van der Waals surface area (Å²) in [7, 11) is 0. The molecule has 0 atom stereocenters. The smallest absolute Gasteiger partial charge is 0.255 e. The van der Waals surface area contributed by atoms with Gasteiger partial charge in [-0.2, -0.15) is 0 Å². The summed E-state index contributed by atoms with van der Waals surface area (Å²) in [5, 5.41) is 2.92. The van der Waals surface area contributed by atoms with Gasteiger partial charge in [-0.25, -0.2) is 0 Å². The summed E-state index contributed by atoms with van der Waals surface area (Å²) in [5.41, 5.74) is 2.26. The van der Waals surface area contributed by atoms with Crippen LogP contribution in [0.4, 0.5) is 5.69 Å². The van der Waals surface area contributed by atoms with Crippen LogP contribution in [-0.4, -0.2) is 12.5 Å². The minimum Gasteiger partial charge on any atom is -0.489 e. The maximum Gasteiger partial charge on any atom is 0.255 e. The molecule has 3 aromatic carbocycles. The molecule has 0 spiro atoms. The van der Waals surface area contributed by atoms with E-state index in [2.05, 4.69) is 43.8 Å². The Kier molecular flexibility index (Phi) is 7.33. The molecule has 0 aromatic heterocycles. The Balaban J connectivity index is 1.86. The monoisotopic (exact) mass is 551 g/mol. The Bertz CT molecular complexity index is 963. The summed E-state index contributed by atoms with van der Waals surface area (Å²) in [6.07, 6.45) is 0. The highest BCUT2D eigenvalue weighted by Crippen LogP contribution is 2.35. The second kappa shape index (κ2) is 9.93. The normalized spacial score (nSPS) is 10.4. The van der Waals surface area contributed by atoms with Crippen LogP contribution in [0.1, 0.15) is 22.8 Å². The minimum atomic E-state index is -0.211. The third kappa shape index (κ3) is 5.26. The van der Waals surface area contributed by atoms with Gasteiger partial charge in [-0.3, -0.25) is 4.79 Å². The fourth-order valence-electron chi connectivity index (χ4n) is 2.58. The average molecular weight is 552 g/mol. The molecule has 0 aliphatic rings. The van der Waals surface area contributed by atoms with Gasteiger partial charge >= 0.3 is 0 Å². The first-order valence-electron chi connectivity index (χ1n) is 8.77. The van der Waals surface area contributed by atoms with Crippen LogP contribution in [0.25, 0.3) is 0 Å². The molecule has 28 heavy (non-hydrogen) atoms. The summed E-state index contributed by atoms with van der Waals surface area (Å²) >= 11 is 5.61. The van der Waals surface area contributed by atoms with Crippen molar-refractivity contribution in [1.82, 2.24) is 0 Å². The van der Waals surface area contributed by atoms with Crippen molar-refractivity contribution in [2.75, 3.05) is 11.9 Å². The number of rotatable bonds is 7. The summed E-state index contributed by atoms with van der Waals surface area (Å²) in [6.45, 7) is 2.83. The summed E-state index contributed by atoms with van der Waals surface area (Å²) < 4.78 is 13.4. The van der Waals surface area contributed by atoms with E-state index in [0.29, 0.717) is 36.0 Å². The third-order valence-corrected chi connectivity index (χ3v) is 5.41. The number of hydrogen-bond acceptors (Lipinski definition) is 3. The van der Waals surface area contributed by atoms with Crippen LogP contribution in [0.15, 0.2) is 71.2 Å². The Labute approximate surface area is 186 Å². The highest BCUT2D eigenvalue weighted by atomic mass is 127. The van der Waals surface area contributed by atoms with E-state index in [4.69, 9.17) is 9.47 Å². The molecule has 4 nitrogen and oxygen atoms in total. The molecule has 0 aliphatic heterocycles. The van der Waals surface area contributed by atoms with Gasteiger partial charge in [0.2, 0.25) is 0 Å². The number of carbonyl (C=O) groups excluding carboxylic acids is 1. The molecular weight excluding hydrogens is 533 g/mol. The van der Waals surface area contributed by atoms with E-state index in [1.54, 1.807) is 12.1 Å². The van der Waals surface area contributed by atoms with Crippen molar-refractivity contribution in [3.05, 3.63) is 85.9 Å². The van der Waals surface area contributed by atoms with Crippen molar-refractivity contribution < 1.29 is 14.3 Å². The second-order valence-electron chi connectivity index (χ2n) is 5.93. The Morgan fingerprint density at radius 3 is 2.46 bits per heavy atom. The molecule has 0 aliphatic carbocycles. The molecule has 0 saturated carbocycles. The lowest BCUT2D eigenvalue weighted by Gasteiger charge is -2.16. The maximum absolute atomic E-state index is 12.8. The third-order valence-electron chi connectivity index (χ3n) is 3.92. The molecule has 0 heterocycles. The topological polar surface area (TPSA) is 47.6 Å². The zero-order valence-electron chi connectivity index (χ0n) is 15.2. The highest BCUT2D eigenvalue weighted by molar-refractivity contribution is 14.1. The molecule has 6 heteroatoms. The molecule has 0 bridgehead atoms. The lowest BCUT2D eigenvalue weighted by molar-refractivity contribution is 0.102. The zero-order chi connectivity index (χ0) is 19.9. The number of para-hydroxylation sites is 1. The predicted octanol–water partition coefficient (Wildman–Crippen LogP) is 6.28. The Morgan fingerprint density at radius 1 is 1.04 bits per heavy atom. The molecule has 0 saturated heterocycles. The molecule has 3 rings (SSSR count). The minimum absolute atomic E-state index is 0.211. The van der Waals surface area contributed by atoms with Crippen LogP contribution >= 0.6 is 38.5 Å². The van der Waals surface area contributed by atoms with E-state index in [1.807, 2.05) is 61.5 Å². The standard InChI is InChI=1S/C22H19BrINO3/c1-2-27-21-18(24)12-16(22(26)25-19-11-7-6-10-17(19)23)13-20(21)28-14-15-8-4-3-5-9-15/h3-13H,2,14H2,1H3,(H,25,26). The summed E-state index contributed by atoms with van der Waals surface area (Å²) in [5.74, 6) is 0.990. The van der Waals surface area contributed by atoms with E-state index in [1.165, 1.54) is 0 Å². The molecule has 1 N–H and O–H groups in total. The number of benzene rings is 3. The van der Waals surface area contributed by atoms with Gasteiger partial charge in [-0.05, 0) is 75.3 Å². The van der Waals surface area contributed by atoms with E-state index >= 15 is 0 Å². The predicted molar refractivity (Wildman–Crippen MR) is 123 cm³/mol. The van der Waals surface area contributed by atoms with Crippen molar-refractivity contribution in [3.63, 3.8) is 0 Å². The van der Waals surface area contributed by atoms with Crippen LogP contribution in [0.5, 0.6) is 11.5 Å². The largest absolute Gasteiger partial charge is 0.489 e. The van der Waals surface area contributed by atoms with Crippen molar-refractivity contribution in [2.45, 2.75) is 13.5 Å². The van der Waals surface area contributed by atoms with Crippen LogP contribution < -0.4 is 14.8 Å². The fourth-order valence-corrected chi connectivity index (χ4v) is 3.72. The van der Waals surface area contributed by atoms with Crippen molar-refractivity contribution >= 4 is 50.1 Å². The van der Waals surface area contributed by atoms with Gasteiger partial charge in [0.1, 0.15) is 6.61 Å². The van der Waals surface area contributed by atoms with Gasteiger partial charge < -0.3 is 14.8 Å². The van der Waals surface area contributed by atoms with Crippen LogP contribution in [-0.2, 0) is 6.61 Å². The number of anilines is 1. The number of nitrogens with one attached hydrogen (secondary N) is 1. The molecule has 0 fully saturated rings. The first-order valence-corrected chi connectivity index (χ1v) is 10.6. The number of halogens is 2. The Morgan fingerprint density at radius 2 is 1.75 bits per heavy atom. The van der Waals surface area contributed by atoms with Crippen LogP contribution in [0.3, 0.4) is 0 Å². The number of carbonyl (C=O) groups is 1. The van der Waals surface area contributed by atoms with Gasteiger partial charge in [0.25, 0.3) is 5.91 Å². The van der Waals surface area contributed by atoms with Crippen molar-refractivity contribution in [1.29, 1.82) is 0 Å². The quantitative estimate of drug-likeness (QED) is 0.351. The van der Waals surface area contributed by atoms with Crippen molar-refractivity contribution in [2.24, 2.45) is 0 Å². The van der Waals surface area contributed by atoms with Gasteiger partial charge in [0.05, 0.1) is 15.9 Å².